The van der Waals surface area contributed by atoms with E-state index in [1.807, 2.05) is 44.2 Å². The maximum Gasteiger partial charge on any atom is 0.410 e. The number of nitrogens with two attached hydrogens (primary N) is 1. The van der Waals surface area contributed by atoms with Gasteiger partial charge in [-0.1, -0.05) is 44.2 Å². The molecule has 4 amide bonds. The number of piperidine rings is 1. The second-order valence-electron chi connectivity index (χ2n) is 11.1. The zero-order valence-corrected chi connectivity index (χ0v) is 22.7. The van der Waals surface area contributed by atoms with Crippen molar-refractivity contribution < 1.29 is 33.8 Å². The van der Waals surface area contributed by atoms with Crippen LogP contribution in [0.5, 0.6) is 0 Å². The average molecular weight is 532 g/mol. The highest BCUT2D eigenvalue weighted by Crippen LogP contribution is 2.36. The highest BCUT2D eigenvalue weighted by Gasteiger charge is 2.45. The number of benzene rings is 1. The summed E-state index contributed by atoms with van der Waals surface area (Å²) in [6.07, 6.45) is -0.282. The molecule has 1 aliphatic rings. The van der Waals surface area contributed by atoms with Gasteiger partial charge in [-0.2, -0.15) is 0 Å². The lowest BCUT2D eigenvalue weighted by atomic mass is 9.71. The van der Waals surface area contributed by atoms with E-state index in [0.29, 0.717) is 12.8 Å². The molecule has 38 heavy (non-hydrogen) atoms. The lowest BCUT2D eigenvalue weighted by Crippen LogP contribution is -2.59. The number of likely N-dealkylation sites (tertiary alicyclic amines) is 1. The molecular formula is C27H39N4O7-. The van der Waals surface area contributed by atoms with Crippen molar-refractivity contribution in [1.82, 2.24) is 15.5 Å². The monoisotopic (exact) mass is 531 g/mol. The van der Waals surface area contributed by atoms with E-state index in [9.17, 15) is 29.1 Å². The third-order valence-electron chi connectivity index (χ3n) is 6.36. The predicted molar refractivity (Wildman–Crippen MR) is 137 cm³/mol. The van der Waals surface area contributed by atoms with Crippen molar-refractivity contribution in [3.8, 4) is 0 Å². The van der Waals surface area contributed by atoms with E-state index in [1.165, 1.54) is 0 Å². The fourth-order valence-corrected chi connectivity index (χ4v) is 4.47. The van der Waals surface area contributed by atoms with Gasteiger partial charge in [0.2, 0.25) is 17.7 Å². The van der Waals surface area contributed by atoms with Crippen molar-refractivity contribution in [2.75, 3.05) is 13.1 Å². The first-order chi connectivity index (χ1) is 17.6. The fourth-order valence-electron chi connectivity index (χ4n) is 4.47. The lowest BCUT2D eigenvalue weighted by Gasteiger charge is -2.42. The molecule has 0 bridgehead atoms. The van der Waals surface area contributed by atoms with Crippen LogP contribution < -0.4 is 21.5 Å². The first-order valence-corrected chi connectivity index (χ1v) is 12.8. The Labute approximate surface area is 223 Å². The summed E-state index contributed by atoms with van der Waals surface area (Å²) < 4.78 is 5.48. The Morgan fingerprint density at radius 3 is 2.08 bits per heavy atom. The Balaban J connectivity index is 2.29. The molecule has 1 aromatic rings. The number of nitrogens with one attached hydrogen (secondary N) is 2. The Hall–Kier alpha value is -3.63. The van der Waals surface area contributed by atoms with Crippen LogP contribution in [0.3, 0.4) is 0 Å². The number of rotatable bonds is 10. The molecule has 2 rings (SSSR count). The van der Waals surface area contributed by atoms with E-state index < -0.39 is 59.3 Å². The van der Waals surface area contributed by atoms with Crippen molar-refractivity contribution in [3.05, 3.63) is 35.9 Å². The highest BCUT2D eigenvalue weighted by molar-refractivity contribution is 5.95. The standard InChI is InChI=1S/C27H40N4O7/c1-17(2)15-19(22(33)29-20(23(34)35)16-21(28)32)30-24(36)27(18-9-7-6-8-10-18)11-13-31(14-12-27)25(37)38-26(3,4)5/h6-10,17,19-20H,11-16H2,1-5H3,(H2,28,32)(H,29,33)(H,30,36)(H,34,35)/p-1. The number of aliphatic carboxylic acids is 1. The molecule has 4 N–H and O–H groups in total. The van der Waals surface area contributed by atoms with Crippen molar-refractivity contribution in [1.29, 1.82) is 0 Å². The van der Waals surface area contributed by atoms with E-state index in [0.717, 1.165) is 5.56 Å². The van der Waals surface area contributed by atoms with Crippen LogP contribution in [-0.2, 0) is 29.3 Å². The Morgan fingerprint density at radius 2 is 1.61 bits per heavy atom. The van der Waals surface area contributed by atoms with Gasteiger partial charge in [0.25, 0.3) is 0 Å². The minimum Gasteiger partial charge on any atom is -0.548 e. The van der Waals surface area contributed by atoms with E-state index >= 15 is 0 Å². The Kier molecular flexibility index (Phi) is 10.3. The second kappa shape index (κ2) is 12.7. The van der Waals surface area contributed by atoms with Crippen molar-refractivity contribution >= 4 is 29.8 Å². The zero-order valence-electron chi connectivity index (χ0n) is 22.7. The van der Waals surface area contributed by atoms with Crippen LogP contribution >= 0.6 is 0 Å². The average Bonchev–Trinajstić information content (AvgIpc) is 2.82. The lowest BCUT2D eigenvalue weighted by molar-refractivity contribution is -0.308. The van der Waals surface area contributed by atoms with Gasteiger partial charge in [-0.15, -0.1) is 0 Å². The second-order valence-corrected chi connectivity index (χ2v) is 11.1. The van der Waals surface area contributed by atoms with Gasteiger partial charge in [-0.25, -0.2) is 4.79 Å². The maximum absolute atomic E-state index is 13.9. The summed E-state index contributed by atoms with van der Waals surface area (Å²) >= 11 is 0. The zero-order chi connectivity index (χ0) is 28.7. The Morgan fingerprint density at radius 1 is 1.03 bits per heavy atom. The molecule has 0 spiro atoms. The first kappa shape index (κ1) is 30.6. The van der Waals surface area contributed by atoms with E-state index in [4.69, 9.17) is 10.5 Å². The van der Waals surface area contributed by atoms with Crippen molar-refractivity contribution in [2.24, 2.45) is 11.7 Å². The number of amides is 4. The SMILES string of the molecule is CC(C)CC(NC(=O)C1(c2ccccc2)CCN(C(=O)OC(C)(C)C)CC1)C(=O)NC(CC(N)=O)C(=O)[O-]. The molecule has 0 saturated carbocycles. The Bertz CT molecular complexity index is 1010. The van der Waals surface area contributed by atoms with E-state index in [2.05, 4.69) is 10.6 Å². The van der Waals surface area contributed by atoms with Gasteiger partial charge in [0, 0.05) is 13.1 Å². The molecule has 1 fully saturated rings. The summed E-state index contributed by atoms with van der Waals surface area (Å²) in [7, 11) is 0. The number of carboxylic acid groups (broad SMARTS) is 1. The normalized spacial score (nSPS) is 16.7. The molecule has 0 aliphatic carbocycles. The molecular weight excluding hydrogens is 492 g/mol. The molecule has 2 atom stereocenters. The quantitative estimate of drug-likeness (QED) is 0.397. The van der Waals surface area contributed by atoms with Gasteiger partial charge in [-0.05, 0) is 51.5 Å². The van der Waals surface area contributed by atoms with Crippen molar-refractivity contribution in [2.45, 2.75) is 83.4 Å². The van der Waals surface area contributed by atoms with E-state index in [-0.39, 0.29) is 25.4 Å². The van der Waals surface area contributed by atoms with Gasteiger partial charge in [-0.3, -0.25) is 14.4 Å². The number of primary amides is 1. The van der Waals surface area contributed by atoms with Gasteiger partial charge in [0.1, 0.15) is 11.6 Å². The van der Waals surface area contributed by atoms with E-state index in [1.54, 1.807) is 25.7 Å². The molecule has 1 heterocycles. The third kappa shape index (κ3) is 8.46. The van der Waals surface area contributed by atoms with Crippen LogP contribution in [0.4, 0.5) is 4.79 Å². The molecule has 1 saturated heterocycles. The van der Waals surface area contributed by atoms with Crippen LogP contribution in [0, 0.1) is 5.92 Å². The van der Waals surface area contributed by atoms with Crippen LogP contribution in [0.2, 0.25) is 0 Å². The van der Waals surface area contributed by atoms with Gasteiger partial charge < -0.3 is 35.9 Å². The summed E-state index contributed by atoms with van der Waals surface area (Å²) in [6, 6.07) is 6.44. The van der Waals surface area contributed by atoms with Gasteiger partial charge in [0.05, 0.1) is 23.8 Å². The summed E-state index contributed by atoms with van der Waals surface area (Å²) in [4.78, 5) is 63.8. The topological polar surface area (TPSA) is 171 Å². The first-order valence-electron chi connectivity index (χ1n) is 12.8. The van der Waals surface area contributed by atoms with Gasteiger partial charge in [0.15, 0.2) is 0 Å². The van der Waals surface area contributed by atoms with Gasteiger partial charge >= 0.3 is 6.09 Å². The number of hydrogen-bond donors (Lipinski definition) is 3. The number of nitrogens with zero attached hydrogens (tertiary/aromatic N) is 1. The van der Waals surface area contributed by atoms with Crippen LogP contribution in [0.15, 0.2) is 30.3 Å². The molecule has 1 aliphatic heterocycles. The smallest absolute Gasteiger partial charge is 0.410 e. The number of carbonyl (C=O) groups excluding carboxylic acids is 5. The van der Waals surface area contributed by atoms with Crippen molar-refractivity contribution in [3.63, 3.8) is 0 Å². The molecule has 11 heteroatoms. The molecule has 0 radical (unpaired) electrons. The molecule has 2 unspecified atom stereocenters. The predicted octanol–water partition coefficient (Wildman–Crippen LogP) is 0.596. The third-order valence-corrected chi connectivity index (χ3v) is 6.36. The minimum absolute atomic E-state index is 0.0229. The summed E-state index contributed by atoms with van der Waals surface area (Å²) in [5, 5.41) is 16.5. The molecule has 0 aromatic heterocycles. The van der Waals surface area contributed by atoms with Crippen LogP contribution in [0.25, 0.3) is 0 Å². The largest absolute Gasteiger partial charge is 0.548 e. The number of hydrogen-bond acceptors (Lipinski definition) is 7. The number of ether oxygens (including phenoxy) is 1. The minimum atomic E-state index is -1.65. The maximum atomic E-state index is 13.9. The number of carbonyl (C=O) groups is 5. The fraction of sp³-hybridized carbons (Fsp3) is 0.593. The summed E-state index contributed by atoms with van der Waals surface area (Å²) in [6.45, 7) is 9.60. The molecule has 210 valence electrons. The van der Waals surface area contributed by atoms with Crippen LogP contribution in [0.1, 0.15) is 65.9 Å². The molecule has 1 aromatic carbocycles. The number of carboxylic acids is 1. The highest BCUT2D eigenvalue weighted by atomic mass is 16.6. The van der Waals surface area contributed by atoms with Crippen LogP contribution in [-0.4, -0.2) is 65.5 Å². The summed E-state index contributed by atoms with van der Waals surface area (Å²) in [5.41, 5.74) is 4.16. The molecule has 11 nitrogen and oxygen atoms in total. The summed E-state index contributed by atoms with van der Waals surface area (Å²) in [5.74, 6) is -3.75.